The number of aromatic amines is 1. The number of hydrogen-bond donors (Lipinski definition) is 1. The van der Waals surface area contributed by atoms with Crippen LogP contribution in [0.1, 0.15) is 23.9 Å². The van der Waals surface area contributed by atoms with Crippen molar-refractivity contribution in [2.45, 2.75) is 26.7 Å². The number of fused-ring (bicyclic) bond motifs is 1. The molecule has 1 N–H and O–H groups in total. The van der Waals surface area contributed by atoms with Gasteiger partial charge in [0.2, 0.25) is 0 Å². The van der Waals surface area contributed by atoms with Gasteiger partial charge in [0.1, 0.15) is 5.78 Å². The summed E-state index contributed by atoms with van der Waals surface area (Å²) < 4.78 is 0. The second kappa shape index (κ2) is 2.44. The SMILES string of the molecule is CC(=O)C1Cc2n[nH]c(C)c2C1. The number of nitrogens with one attached hydrogen (secondary N) is 1. The molecule has 1 aliphatic rings. The highest BCUT2D eigenvalue weighted by Gasteiger charge is 2.28. The zero-order chi connectivity index (χ0) is 8.72. The molecule has 0 radical (unpaired) electrons. The molecule has 12 heavy (non-hydrogen) atoms. The highest BCUT2D eigenvalue weighted by Crippen LogP contribution is 2.27. The summed E-state index contributed by atoms with van der Waals surface area (Å²) >= 11 is 0. The molecular weight excluding hydrogens is 152 g/mol. The summed E-state index contributed by atoms with van der Waals surface area (Å²) in [6, 6.07) is 0. The summed E-state index contributed by atoms with van der Waals surface area (Å²) in [7, 11) is 0. The van der Waals surface area contributed by atoms with E-state index in [1.54, 1.807) is 6.92 Å². The van der Waals surface area contributed by atoms with Crippen LogP contribution in [0.15, 0.2) is 0 Å². The van der Waals surface area contributed by atoms with Gasteiger partial charge in [-0.05, 0) is 25.8 Å². The molecule has 1 atom stereocenters. The van der Waals surface area contributed by atoms with Crippen molar-refractivity contribution in [1.82, 2.24) is 10.2 Å². The van der Waals surface area contributed by atoms with E-state index in [1.807, 2.05) is 6.92 Å². The van der Waals surface area contributed by atoms with Gasteiger partial charge in [0, 0.05) is 18.0 Å². The van der Waals surface area contributed by atoms with Gasteiger partial charge in [0.05, 0.1) is 5.69 Å². The molecule has 1 unspecified atom stereocenters. The molecule has 0 bridgehead atoms. The number of H-pyrrole nitrogens is 1. The lowest BCUT2D eigenvalue weighted by Gasteiger charge is -2.01. The van der Waals surface area contributed by atoms with Crippen molar-refractivity contribution >= 4 is 5.78 Å². The number of aryl methyl sites for hydroxylation is 1. The molecule has 3 heteroatoms. The number of aromatic nitrogens is 2. The Bertz CT molecular complexity index is 327. The first kappa shape index (κ1) is 7.53. The van der Waals surface area contributed by atoms with Crippen LogP contribution in [0.3, 0.4) is 0 Å². The maximum absolute atomic E-state index is 11.1. The Hall–Kier alpha value is -1.12. The van der Waals surface area contributed by atoms with Crippen molar-refractivity contribution in [3.05, 3.63) is 17.0 Å². The Balaban J connectivity index is 2.28. The summed E-state index contributed by atoms with van der Waals surface area (Å²) in [6.07, 6.45) is 1.71. The first-order valence-corrected chi connectivity index (χ1v) is 4.21. The van der Waals surface area contributed by atoms with Crippen molar-refractivity contribution in [3.63, 3.8) is 0 Å². The van der Waals surface area contributed by atoms with Crippen molar-refractivity contribution in [2.24, 2.45) is 5.92 Å². The van der Waals surface area contributed by atoms with E-state index in [1.165, 1.54) is 5.56 Å². The summed E-state index contributed by atoms with van der Waals surface area (Å²) in [4.78, 5) is 11.1. The van der Waals surface area contributed by atoms with Crippen LogP contribution >= 0.6 is 0 Å². The molecule has 0 fully saturated rings. The maximum Gasteiger partial charge on any atom is 0.133 e. The third kappa shape index (κ3) is 0.967. The normalized spacial score (nSPS) is 21.0. The third-order valence-electron chi connectivity index (χ3n) is 2.62. The van der Waals surface area contributed by atoms with E-state index in [-0.39, 0.29) is 11.7 Å². The summed E-state index contributed by atoms with van der Waals surface area (Å²) in [5.41, 5.74) is 3.47. The van der Waals surface area contributed by atoms with Gasteiger partial charge in [0.15, 0.2) is 0 Å². The Morgan fingerprint density at radius 2 is 2.33 bits per heavy atom. The molecule has 64 valence electrons. The number of carbonyl (C=O) groups excluding carboxylic acids is 1. The molecule has 1 aliphatic carbocycles. The van der Waals surface area contributed by atoms with Crippen molar-refractivity contribution in [1.29, 1.82) is 0 Å². The number of Topliss-reactive ketones (excluding diaryl/α,β-unsaturated/α-hetero) is 1. The smallest absolute Gasteiger partial charge is 0.133 e. The highest BCUT2D eigenvalue weighted by molar-refractivity contribution is 5.79. The van der Waals surface area contributed by atoms with Crippen LogP contribution in [-0.4, -0.2) is 16.0 Å². The second-order valence-electron chi connectivity index (χ2n) is 3.49. The first-order valence-electron chi connectivity index (χ1n) is 4.21. The maximum atomic E-state index is 11.1. The molecule has 1 aromatic heterocycles. The van der Waals surface area contributed by atoms with E-state index < -0.39 is 0 Å². The van der Waals surface area contributed by atoms with Gasteiger partial charge in [-0.25, -0.2) is 0 Å². The second-order valence-corrected chi connectivity index (χ2v) is 3.49. The van der Waals surface area contributed by atoms with Crippen LogP contribution in [0, 0.1) is 12.8 Å². The largest absolute Gasteiger partial charge is 0.300 e. The van der Waals surface area contributed by atoms with Gasteiger partial charge in [-0.1, -0.05) is 0 Å². The Morgan fingerprint density at radius 1 is 1.58 bits per heavy atom. The molecule has 2 rings (SSSR count). The van der Waals surface area contributed by atoms with Crippen LogP contribution in [0.2, 0.25) is 0 Å². The number of hydrogen-bond acceptors (Lipinski definition) is 2. The Morgan fingerprint density at radius 3 is 2.92 bits per heavy atom. The molecule has 0 aromatic carbocycles. The Labute approximate surface area is 71.2 Å². The van der Waals surface area contributed by atoms with Gasteiger partial charge in [0.25, 0.3) is 0 Å². The molecule has 1 heterocycles. The van der Waals surface area contributed by atoms with Gasteiger partial charge in [-0.15, -0.1) is 0 Å². The zero-order valence-electron chi connectivity index (χ0n) is 7.35. The number of ketones is 1. The fraction of sp³-hybridized carbons (Fsp3) is 0.556. The van der Waals surface area contributed by atoms with Crippen LogP contribution in [0.4, 0.5) is 0 Å². The molecule has 0 spiro atoms. The monoisotopic (exact) mass is 164 g/mol. The number of rotatable bonds is 1. The van der Waals surface area contributed by atoms with Crippen LogP contribution in [-0.2, 0) is 17.6 Å². The highest BCUT2D eigenvalue weighted by atomic mass is 16.1. The average molecular weight is 164 g/mol. The fourth-order valence-corrected chi connectivity index (χ4v) is 1.78. The molecule has 0 amide bonds. The minimum Gasteiger partial charge on any atom is -0.300 e. The van der Waals surface area contributed by atoms with Gasteiger partial charge in [-0.2, -0.15) is 5.10 Å². The van der Waals surface area contributed by atoms with E-state index in [0.29, 0.717) is 0 Å². The van der Waals surface area contributed by atoms with E-state index in [0.717, 1.165) is 24.2 Å². The third-order valence-corrected chi connectivity index (χ3v) is 2.62. The topological polar surface area (TPSA) is 45.8 Å². The molecule has 1 aromatic rings. The van der Waals surface area contributed by atoms with Crippen LogP contribution in [0.25, 0.3) is 0 Å². The molecule has 3 nitrogen and oxygen atoms in total. The Kier molecular flexibility index (Phi) is 1.53. The van der Waals surface area contributed by atoms with Crippen LogP contribution < -0.4 is 0 Å². The zero-order valence-corrected chi connectivity index (χ0v) is 7.35. The molecular formula is C9H12N2O. The van der Waals surface area contributed by atoms with Gasteiger partial charge < -0.3 is 0 Å². The van der Waals surface area contributed by atoms with E-state index in [2.05, 4.69) is 10.2 Å². The lowest BCUT2D eigenvalue weighted by atomic mass is 10.0. The number of carbonyl (C=O) groups is 1. The minimum atomic E-state index is 0.191. The average Bonchev–Trinajstić information content (AvgIpc) is 2.53. The minimum absolute atomic E-state index is 0.191. The van der Waals surface area contributed by atoms with Crippen molar-refractivity contribution < 1.29 is 4.79 Å². The van der Waals surface area contributed by atoms with Gasteiger partial charge in [-0.3, -0.25) is 9.89 Å². The summed E-state index contributed by atoms with van der Waals surface area (Å²) in [6.45, 7) is 3.67. The number of nitrogens with zero attached hydrogens (tertiary/aromatic N) is 1. The van der Waals surface area contributed by atoms with E-state index in [9.17, 15) is 4.79 Å². The van der Waals surface area contributed by atoms with Gasteiger partial charge >= 0.3 is 0 Å². The molecule has 0 saturated carbocycles. The lowest BCUT2D eigenvalue weighted by Crippen LogP contribution is -2.11. The standard InChI is InChI=1S/C9H12N2O/c1-5-8-3-7(6(2)12)4-9(8)11-10-5/h7H,3-4H2,1-2H3,(H,10,11). The van der Waals surface area contributed by atoms with Crippen LogP contribution in [0.5, 0.6) is 0 Å². The van der Waals surface area contributed by atoms with E-state index >= 15 is 0 Å². The quantitative estimate of drug-likeness (QED) is 0.673. The fourth-order valence-electron chi connectivity index (χ4n) is 1.78. The summed E-state index contributed by atoms with van der Waals surface area (Å²) in [5.74, 6) is 0.475. The predicted molar refractivity (Wildman–Crippen MR) is 44.9 cm³/mol. The molecule has 0 aliphatic heterocycles. The molecule has 0 saturated heterocycles. The summed E-state index contributed by atoms with van der Waals surface area (Å²) in [5, 5.41) is 7.09. The van der Waals surface area contributed by atoms with Crippen molar-refractivity contribution in [2.75, 3.05) is 0 Å². The predicted octanol–water partition coefficient (Wildman–Crippen LogP) is 1.02. The lowest BCUT2D eigenvalue weighted by molar-refractivity contribution is -0.120. The van der Waals surface area contributed by atoms with E-state index in [4.69, 9.17) is 0 Å². The van der Waals surface area contributed by atoms with Crippen molar-refractivity contribution in [3.8, 4) is 0 Å². The first-order chi connectivity index (χ1) is 5.68.